The van der Waals surface area contributed by atoms with E-state index in [2.05, 4.69) is 6.07 Å². The van der Waals surface area contributed by atoms with Gasteiger partial charge in [-0.25, -0.2) is 9.59 Å². The number of carbonyl (C=O) groups is 1. The average molecular weight is 350 g/mol. The summed E-state index contributed by atoms with van der Waals surface area (Å²) in [5.41, 5.74) is 3.16. The Morgan fingerprint density at radius 2 is 2.04 bits per heavy atom. The quantitative estimate of drug-likeness (QED) is 0.530. The molecule has 1 aliphatic rings. The number of ether oxygens (including phenoxy) is 2. The maximum atomic E-state index is 12.1. The van der Waals surface area contributed by atoms with Crippen molar-refractivity contribution >= 4 is 16.9 Å². The summed E-state index contributed by atoms with van der Waals surface area (Å²) in [5, 5.41) is 0.835. The molecule has 1 atom stereocenters. The molecular formula is C21H18O5. The van der Waals surface area contributed by atoms with E-state index in [0.29, 0.717) is 11.3 Å². The molecule has 0 N–H and O–H groups in total. The fourth-order valence-corrected chi connectivity index (χ4v) is 3.37. The van der Waals surface area contributed by atoms with Crippen molar-refractivity contribution in [1.29, 1.82) is 0 Å². The highest BCUT2D eigenvalue weighted by atomic mass is 16.6. The largest absolute Gasteiger partial charge is 0.482 e. The van der Waals surface area contributed by atoms with E-state index in [4.69, 9.17) is 13.9 Å². The summed E-state index contributed by atoms with van der Waals surface area (Å²) in [6, 6.07) is 14.6. The molecule has 0 fully saturated rings. The van der Waals surface area contributed by atoms with Crippen LogP contribution in [0.2, 0.25) is 0 Å². The van der Waals surface area contributed by atoms with Crippen LogP contribution in [-0.2, 0) is 16.0 Å². The van der Waals surface area contributed by atoms with Gasteiger partial charge in [-0.1, -0.05) is 24.3 Å². The Morgan fingerprint density at radius 3 is 2.92 bits per heavy atom. The fourth-order valence-electron chi connectivity index (χ4n) is 3.37. The van der Waals surface area contributed by atoms with Gasteiger partial charge >= 0.3 is 11.6 Å². The van der Waals surface area contributed by atoms with Gasteiger partial charge in [0.05, 0.1) is 0 Å². The zero-order chi connectivity index (χ0) is 18.1. The summed E-state index contributed by atoms with van der Waals surface area (Å²) in [5.74, 6) is 0.0347. The zero-order valence-corrected chi connectivity index (χ0v) is 14.4. The number of hydrogen-bond donors (Lipinski definition) is 0. The molecule has 5 heteroatoms. The molecule has 5 nitrogen and oxygen atoms in total. The summed E-state index contributed by atoms with van der Waals surface area (Å²) in [6.07, 6.45) is 1.50. The highest BCUT2D eigenvalue weighted by Gasteiger charge is 2.25. The normalized spacial score (nSPS) is 15.7. The van der Waals surface area contributed by atoms with Crippen LogP contribution in [-0.4, -0.2) is 12.6 Å². The monoisotopic (exact) mass is 350 g/mol. The lowest BCUT2D eigenvalue weighted by Crippen LogP contribution is -2.17. The van der Waals surface area contributed by atoms with Crippen molar-refractivity contribution in [3.05, 3.63) is 75.6 Å². The van der Waals surface area contributed by atoms with Crippen LogP contribution in [0.1, 0.15) is 29.2 Å². The molecule has 26 heavy (non-hydrogen) atoms. The Labute approximate surface area is 150 Å². The standard InChI is InChI=1S/C21H18O5/c1-13-10-20(22)26-19-11-15(7-8-16(13)19)24-12-21(23)25-18-9-6-14-4-2-3-5-17(14)18/h2-5,7-8,10-11,18H,6,9,12H2,1H3/t18-/m0/s1. The Kier molecular flexibility index (Phi) is 4.21. The van der Waals surface area contributed by atoms with Gasteiger partial charge in [-0.05, 0) is 48.6 Å². The fraction of sp³-hybridized carbons (Fsp3) is 0.238. The van der Waals surface area contributed by atoms with Crippen molar-refractivity contribution in [2.75, 3.05) is 6.61 Å². The van der Waals surface area contributed by atoms with Crippen LogP contribution in [0.15, 0.2) is 57.7 Å². The van der Waals surface area contributed by atoms with Gasteiger partial charge in [-0.3, -0.25) is 0 Å². The Hall–Kier alpha value is -3.08. The number of esters is 1. The third kappa shape index (κ3) is 3.20. The van der Waals surface area contributed by atoms with E-state index in [1.807, 2.05) is 31.2 Å². The molecule has 1 aliphatic carbocycles. The first-order chi connectivity index (χ1) is 12.6. The maximum absolute atomic E-state index is 12.1. The van der Waals surface area contributed by atoms with Gasteiger partial charge in [-0.2, -0.15) is 0 Å². The minimum absolute atomic E-state index is 0.194. The van der Waals surface area contributed by atoms with Crippen molar-refractivity contribution in [3.63, 3.8) is 0 Å². The lowest BCUT2D eigenvalue weighted by Gasteiger charge is -2.14. The Morgan fingerprint density at radius 1 is 1.19 bits per heavy atom. The number of aryl methyl sites for hydroxylation is 2. The second-order valence-corrected chi connectivity index (χ2v) is 6.41. The number of benzene rings is 2. The summed E-state index contributed by atoms with van der Waals surface area (Å²) in [7, 11) is 0. The van der Waals surface area contributed by atoms with Crippen LogP contribution in [0.25, 0.3) is 11.0 Å². The first kappa shape index (κ1) is 16.4. The molecule has 0 radical (unpaired) electrons. The van der Waals surface area contributed by atoms with Crippen LogP contribution in [0.4, 0.5) is 0 Å². The average Bonchev–Trinajstić information content (AvgIpc) is 3.02. The third-order valence-corrected chi connectivity index (χ3v) is 4.63. The summed E-state index contributed by atoms with van der Waals surface area (Å²) in [4.78, 5) is 23.6. The van der Waals surface area contributed by atoms with Crippen molar-refractivity contribution in [2.45, 2.75) is 25.9 Å². The smallest absolute Gasteiger partial charge is 0.344 e. The second kappa shape index (κ2) is 6.67. The molecule has 1 aromatic heterocycles. The van der Waals surface area contributed by atoms with Gasteiger partial charge in [0.1, 0.15) is 17.4 Å². The van der Waals surface area contributed by atoms with Gasteiger partial charge in [0.2, 0.25) is 0 Å². The zero-order valence-electron chi connectivity index (χ0n) is 14.4. The van der Waals surface area contributed by atoms with Crippen molar-refractivity contribution in [2.24, 2.45) is 0 Å². The number of hydrogen-bond acceptors (Lipinski definition) is 5. The van der Waals surface area contributed by atoms with Gasteiger partial charge in [-0.15, -0.1) is 0 Å². The molecule has 0 spiro atoms. The van der Waals surface area contributed by atoms with Gasteiger partial charge < -0.3 is 13.9 Å². The Balaban J connectivity index is 1.42. The molecule has 1 heterocycles. The second-order valence-electron chi connectivity index (χ2n) is 6.41. The molecule has 0 aliphatic heterocycles. The van der Waals surface area contributed by atoms with Crippen molar-refractivity contribution in [3.8, 4) is 5.75 Å². The molecular weight excluding hydrogens is 332 g/mol. The van der Waals surface area contributed by atoms with Crippen LogP contribution in [0.3, 0.4) is 0 Å². The highest BCUT2D eigenvalue weighted by molar-refractivity contribution is 5.81. The van der Waals surface area contributed by atoms with E-state index in [1.54, 1.807) is 12.1 Å². The molecule has 0 saturated carbocycles. The molecule has 3 aromatic rings. The summed E-state index contributed by atoms with van der Waals surface area (Å²) < 4.78 is 16.3. The summed E-state index contributed by atoms with van der Waals surface area (Å²) in [6.45, 7) is 1.65. The van der Waals surface area contributed by atoms with Crippen LogP contribution in [0.5, 0.6) is 5.75 Å². The first-order valence-electron chi connectivity index (χ1n) is 8.55. The van der Waals surface area contributed by atoms with Crippen LogP contribution < -0.4 is 10.4 Å². The summed E-state index contributed by atoms with van der Waals surface area (Å²) >= 11 is 0. The number of rotatable bonds is 4. The van der Waals surface area contributed by atoms with E-state index >= 15 is 0 Å². The first-order valence-corrected chi connectivity index (χ1v) is 8.55. The minimum atomic E-state index is -0.419. The van der Waals surface area contributed by atoms with E-state index in [1.165, 1.54) is 11.6 Å². The van der Waals surface area contributed by atoms with Gasteiger partial charge in [0.25, 0.3) is 0 Å². The predicted octanol–water partition coefficient (Wildman–Crippen LogP) is 3.71. The lowest BCUT2D eigenvalue weighted by molar-refractivity contribution is -0.151. The minimum Gasteiger partial charge on any atom is -0.482 e. The Bertz CT molecular complexity index is 1030. The molecule has 0 saturated heterocycles. The lowest BCUT2D eigenvalue weighted by atomic mass is 10.1. The molecule has 4 rings (SSSR count). The molecule has 132 valence electrons. The van der Waals surface area contributed by atoms with Gasteiger partial charge in [0, 0.05) is 17.5 Å². The van der Waals surface area contributed by atoms with Crippen molar-refractivity contribution < 1.29 is 18.7 Å². The number of carbonyl (C=O) groups excluding carboxylic acids is 1. The molecule has 0 unspecified atom stereocenters. The van der Waals surface area contributed by atoms with E-state index < -0.39 is 11.6 Å². The van der Waals surface area contributed by atoms with Crippen LogP contribution in [0, 0.1) is 6.92 Å². The molecule has 0 bridgehead atoms. The van der Waals surface area contributed by atoms with E-state index in [-0.39, 0.29) is 12.7 Å². The van der Waals surface area contributed by atoms with Crippen LogP contribution >= 0.6 is 0 Å². The van der Waals surface area contributed by atoms with Gasteiger partial charge in [0.15, 0.2) is 6.61 Å². The van der Waals surface area contributed by atoms with Crippen molar-refractivity contribution in [1.82, 2.24) is 0 Å². The van der Waals surface area contributed by atoms with E-state index in [0.717, 1.165) is 29.4 Å². The SMILES string of the molecule is Cc1cc(=O)oc2cc(OCC(=O)O[C@H]3CCc4ccccc43)ccc12. The molecule has 2 aromatic carbocycles. The predicted molar refractivity (Wildman–Crippen MR) is 96.3 cm³/mol. The number of fused-ring (bicyclic) bond motifs is 2. The van der Waals surface area contributed by atoms with E-state index in [9.17, 15) is 9.59 Å². The molecule has 0 amide bonds. The third-order valence-electron chi connectivity index (χ3n) is 4.63. The highest BCUT2D eigenvalue weighted by Crippen LogP contribution is 2.33. The maximum Gasteiger partial charge on any atom is 0.344 e. The topological polar surface area (TPSA) is 65.7 Å².